The van der Waals surface area contributed by atoms with Crippen LogP contribution in [0.25, 0.3) is 11.5 Å². The molecule has 0 N–H and O–H groups in total. The van der Waals surface area contributed by atoms with E-state index in [9.17, 15) is 8.42 Å². The molecule has 1 heterocycles. The lowest BCUT2D eigenvalue weighted by Gasteiger charge is -2.13. The maximum atomic E-state index is 12.3. The smallest absolute Gasteiger partial charge is 0.261 e. The predicted molar refractivity (Wildman–Crippen MR) is 85.9 cm³/mol. The summed E-state index contributed by atoms with van der Waals surface area (Å²) >= 11 is 0. The van der Waals surface area contributed by atoms with E-state index in [2.05, 4.69) is 10.1 Å². The first kappa shape index (κ1) is 17.4. The number of hydrogen-bond acceptors (Lipinski definition) is 6. The van der Waals surface area contributed by atoms with Gasteiger partial charge in [-0.25, -0.2) is 12.7 Å². The minimum absolute atomic E-state index is 0.108. The first-order chi connectivity index (χ1) is 10.8. The lowest BCUT2D eigenvalue weighted by Crippen LogP contribution is -2.22. The summed E-state index contributed by atoms with van der Waals surface area (Å²) in [5, 5.41) is 3.92. The van der Waals surface area contributed by atoms with Crippen LogP contribution in [-0.2, 0) is 10.0 Å². The Hall–Kier alpha value is -1.93. The molecule has 0 spiro atoms. The number of aromatic nitrogens is 2. The van der Waals surface area contributed by atoms with Gasteiger partial charge in [0.25, 0.3) is 5.89 Å². The topological polar surface area (TPSA) is 85.5 Å². The number of rotatable bonds is 6. The Morgan fingerprint density at radius 3 is 2.52 bits per heavy atom. The van der Waals surface area contributed by atoms with E-state index >= 15 is 0 Å². The average molecular weight is 339 g/mol. The van der Waals surface area contributed by atoms with Crippen LogP contribution in [0.1, 0.15) is 32.5 Å². The number of benzene rings is 1. The summed E-state index contributed by atoms with van der Waals surface area (Å²) in [6.07, 6.45) is 0. The monoisotopic (exact) mass is 339 g/mol. The summed E-state index contributed by atoms with van der Waals surface area (Å²) in [5.41, 5.74) is 0.467. The molecule has 0 aliphatic carbocycles. The van der Waals surface area contributed by atoms with Gasteiger partial charge in [-0.2, -0.15) is 4.98 Å². The van der Waals surface area contributed by atoms with Gasteiger partial charge in [-0.05, 0) is 25.1 Å². The van der Waals surface area contributed by atoms with Crippen LogP contribution in [0.3, 0.4) is 0 Å². The number of nitrogens with zero attached hydrogens (tertiary/aromatic N) is 3. The normalized spacial score (nSPS) is 12.1. The number of hydrogen-bond donors (Lipinski definition) is 0. The SMILES string of the molecule is CCOc1ccc(S(=O)(=O)N(C)C)cc1-c1nc(C(C)C)no1. The van der Waals surface area contributed by atoms with E-state index in [0.717, 1.165) is 4.31 Å². The molecule has 23 heavy (non-hydrogen) atoms. The highest BCUT2D eigenvalue weighted by molar-refractivity contribution is 7.89. The predicted octanol–water partition coefficient (Wildman–Crippen LogP) is 2.51. The van der Waals surface area contributed by atoms with Gasteiger partial charge in [0.1, 0.15) is 5.75 Å². The van der Waals surface area contributed by atoms with Gasteiger partial charge in [0.15, 0.2) is 5.82 Å². The maximum Gasteiger partial charge on any atom is 0.261 e. The van der Waals surface area contributed by atoms with Gasteiger partial charge in [-0.15, -0.1) is 0 Å². The molecule has 0 radical (unpaired) electrons. The highest BCUT2D eigenvalue weighted by Crippen LogP contribution is 2.32. The second-order valence-electron chi connectivity index (χ2n) is 5.49. The first-order valence-electron chi connectivity index (χ1n) is 7.30. The lowest BCUT2D eigenvalue weighted by atomic mass is 10.2. The van der Waals surface area contributed by atoms with E-state index in [1.165, 1.54) is 26.2 Å². The summed E-state index contributed by atoms with van der Waals surface area (Å²) in [6.45, 7) is 6.19. The van der Waals surface area contributed by atoms with E-state index < -0.39 is 10.0 Å². The van der Waals surface area contributed by atoms with Gasteiger partial charge >= 0.3 is 0 Å². The third-order valence-electron chi connectivity index (χ3n) is 3.22. The molecule has 0 saturated heterocycles. The highest BCUT2D eigenvalue weighted by atomic mass is 32.2. The highest BCUT2D eigenvalue weighted by Gasteiger charge is 2.22. The van der Waals surface area contributed by atoms with E-state index in [4.69, 9.17) is 9.26 Å². The van der Waals surface area contributed by atoms with E-state index in [1.807, 2.05) is 20.8 Å². The van der Waals surface area contributed by atoms with Crippen molar-refractivity contribution in [2.45, 2.75) is 31.6 Å². The van der Waals surface area contributed by atoms with Crippen molar-refractivity contribution in [1.29, 1.82) is 0 Å². The van der Waals surface area contributed by atoms with Crippen molar-refractivity contribution in [2.24, 2.45) is 0 Å². The van der Waals surface area contributed by atoms with Crippen molar-refractivity contribution in [3.8, 4) is 17.2 Å². The van der Waals surface area contributed by atoms with E-state index in [-0.39, 0.29) is 16.7 Å². The second kappa shape index (κ2) is 6.67. The molecule has 0 aliphatic heterocycles. The molecule has 1 aromatic heterocycles. The van der Waals surface area contributed by atoms with Crippen LogP contribution in [0.5, 0.6) is 5.75 Å². The van der Waals surface area contributed by atoms with Crippen LogP contribution in [0.2, 0.25) is 0 Å². The average Bonchev–Trinajstić information content (AvgIpc) is 2.97. The van der Waals surface area contributed by atoms with Crippen LogP contribution in [0.15, 0.2) is 27.6 Å². The van der Waals surface area contributed by atoms with Crippen LogP contribution >= 0.6 is 0 Å². The van der Waals surface area contributed by atoms with Crippen molar-refractivity contribution >= 4 is 10.0 Å². The molecule has 1 aromatic carbocycles. The van der Waals surface area contributed by atoms with Gasteiger partial charge in [0.2, 0.25) is 10.0 Å². The molecule has 7 nitrogen and oxygen atoms in total. The van der Waals surface area contributed by atoms with Crippen LogP contribution in [0, 0.1) is 0 Å². The number of ether oxygens (including phenoxy) is 1. The van der Waals surface area contributed by atoms with Crippen molar-refractivity contribution < 1.29 is 17.7 Å². The molecule has 0 fully saturated rings. The van der Waals surface area contributed by atoms with Gasteiger partial charge in [0, 0.05) is 20.0 Å². The van der Waals surface area contributed by atoms with Crippen LogP contribution < -0.4 is 4.74 Å². The zero-order valence-corrected chi connectivity index (χ0v) is 14.7. The molecule has 126 valence electrons. The Kier molecular flexibility index (Phi) is 5.06. The van der Waals surface area contributed by atoms with Crippen molar-refractivity contribution in [1.82, 2.24) is 14.4 Å². The van der Waals surface area contributed by atoms with E-state index in [1.54, 1.807) is 6.07 Å². The minimum atomic E-state index is -3.56. The zero-order chi connectivity index (χ0) is 17.2. The Morgan fingerprint density at radius 2 is 2.00 bits per heavy atom. The Balaban J connectivity index is 2.58. The van der Waals surface area contributed by atoms with Crippen molar-refractivity contribution in [3.05, 3.63) is 24.0 Å². The molecule has 0 unspecified atom stereocenters. The molecule has 8 heteroatoms. The quantitative estimate of drug-likeness (QED) is 0.804. The molecule has 0 atom stereocenters. The summed E-state index contributed by atoms with van der Waals surface area (Å²) in [5.74, 6) is 1.41. The number of sulfonamides is 1. The summed E-state index contributed by atoms with van der Waals surface area (Å²) in [4.78, 5) is 4.47. The molecule has 0 aliphatic rings. The molecular formula is C15H21N3O4S. The third kappa shape index (κ3) is 3.53. The largest absolute Gasteiger partial charge is 0.493 e. The molecular weight excluding hydrogens is 318 g/mol. The van der Waals surface area contributed by atoms with Gasteiger partial charge < -0.3 is 9.26 Å². The van der Waals surface area contributed by atoms with Crippen molar-refractivity contribution in [3.63, 3.8) is 0 Å². The third-order valence-corrected chi connectivity index (χ3v) is 5.03. The Bertz CT molecular complexity index is 782. The molecule has 2 aromatic rings. The molecule has 2 rings (SSSR count). The van der Waals surface area contributed by atoms with Crippen LogP contribution in [0.4, 0.5) is 0 Å². The fraction of sp³-hybridized carbons (Fsp3) is 0.467. The van der Waals surface area contributed by atoms with Crippen LogP contribution in [-0.4, -0.2) is 43.6 Å². The van der Waals surface area contributed by atoms with Crippen molar-refractivity contribution in [2.75, 3.05) is 20.7 Å². The Morgan fingerprint density at radius 1 is 1.30 bits per heavy atom. The fourth-order valence-corrected chi connectivity index (χ4v) is 2.84. The standard InChI is InChI=1S/C15H21N3O4S/c1-6-21-13-8-7-11(23(19,20)18(4)5)9-12(13)15-16-14(10(2)3)17-22-15/h7-10H,6H2,1-5H3. The molecule has 0 bridgehead atoms. The fourth-order valence-electron chi connectivity index (χ4n) is 1.91. The van der Waals surface area contributed by atoms with E-state index in [0.29, 0.717) is 23.7 Å². The first-order valence-corrected chi connectivity index (χ1v) is 8.74. The second-order valence-corrected chi connectivity index (χ2v) is 7.64. The summed E-state index contributed by atoms with van der Waals surface area (Å²) in [6, 6.07) is 4.61. The summed E-state index contributed by atoms with van der Waals surface area (Å²) < 4.78 is 36.6. The van der Waals surface area contributed by atoms with Gasteiger partial charge in [0.05, 0.1) is 17.1 Å². The molecule has 0 amide bonds. The summed E-state index contributed by atoms with van der Waals surface area (Å²) in [7, 11) is -0.598. The van der Waals surface area contributed by atoms with Gasteiger partial charge in [-0.1, -0.05) is 19.0 Å². The van der Waals surface area contributed by atoms with Gasteiger partial charge in [-0.3, -0.25) is 0 Å². The minimum Gasteiger partial charge on any atom is -0.493 e. The lowest BCUT2D eigenvalue weighted by molar-refractivity contribution is 0.338. The maximum absolute atomic E-state index is 12.3. The zero-order valence-electron chi connectivity index (χ0n) is 13.9. The molecule has 0 saturated carbocycles. The Labute approximate surface area is 136 Å².